The zero-order valence-corrected chi connectivity index (χ0v) is 15.2. The van der Waals surface area contributed by atoms with Gasteiger partial charge >= 0.3 is 0 Å². The van der Waals surface area contributed by atoms with Gasteiger partial charge in [0.1, 0.15) is 11.6 Å². The van der Waals surface area contributed by atoms with Crippen molar-refractivity contribution >= 4 is 17.2 Å². The summed E-state index contributed by atoms with van der Waals surface area (Å²) in [7, 11) is 0. The fraction of sp³-hybridized carbons (Fsp3) is 0.200. The molecule has 0 saturated heterocycles. The number of carbonyl (C=O) groups is 1. The molecular formula is C20H19FN2O2S. The molecule has 0 bridgehead atoms. The van der Waals surface area contributed by atoms with Crippen molar-refractivity contribution in [3.63, 3.8) is 0 Å². The van der Waals surface area contributed by atoms with Crippen molar-refractivity contribution in [2.24, 2.45) is 0 Å². The lowest BCUT2D eigenvalue weighted by molar-refractivity contribution is -0.123. The van der Waals surface area contributed by atoms with Crippen LogP contribution in [0, 0.1) is 12.7 Å². The number of thiazole rings is 1. The minimum absolute atomic E-state index is 0.0895. The molecule has 6 heteroatoms. The second kappa shape index (κ2) is 8.58. The monoisotopic (exact) mass is 370 g/mol. The van der Waals surface area contributed by atoms with E-state index in [0.29, 0.717) is 12.3 Å². The molecule has 1 aromatic heterocycles. The topological polar surface area (TPSA) is 51.2 Å². The van der Waals surface area contributed by atoms with E-state index in [2.05, 4.69) is 10.3 Å². The van der Waals surface area contributed by atoms with Crippen LogP contribution in [0.3, 0.4) is 0 Å². The van der Waals surface area contributed by atoms with Gasteiger partial charge in [0.05, 0.1) is 10.7 Å². The Morgan fingerprint density at radius 1 is 1.15 bits per heavy atom. The quantitative estimate of drug-likeness (QED) is 0.684. The van der Waals surface area contributed by atoms with E-state index < -0.39 is 0 Å². The Kier molecular flexibility index (Phi) is 5.96. The van der Waals surface area contributed by atoms with E-state index in [9.17, 15) is 9.18 Å². The van der Waals surface area contributed by atoms with Gasteiger partial charge in [-0.15, -0.1) is 11.3 Å². The average Bonchev–Trinajstić information content (AvgIpc) is 3.08. The van der Waals surface area contributed by atoms with Crippen LogP contribution in [0.15, 0.2) is 53.9 Å². The van der Waals surface area contributed by atoms with Crippen LogP contribution >= 0.6 is 11.3 Å². The molecule has 0 aliphatic carbocycles. The zero-order valence-electron chi connectivity index (χ0n) is 14.4. The van der Waals surface area contributed by atoms with Gasteiger partial charge in [-0.1, -0.05) is 24.3 Å². The van der Waals surface area contributed by atoms with Gasteiger partial charge in [0, 0.05) is 17.5 Å². The highest BCUT2D eigenvalue weighted by atomic mass is 32.1. The number of aromatic nitrogens is 1. The molecule has 1 N–H and O–H groups in total. The molecule has 0 aliphatic rings. The van der Waals surface area contributed by atoms with Gasteiger partial charge in [0.15, 0.2) is 6.61 Å². The van der Waals surface area contributed by atoms with Crippen molar-refractivity contribution in [1.29, 1.82) is 0 Å². The number of benzene rings is 2. The summed E-state index contributed by atoms with van der Waals surface area (Å²) >= 11 is 1.64. The van der Waals surface area contributed by atoms with Gasteiger partial charge in [-0.2, -0.15) is 0 Å². The molecule has 3 rings (SSSR count). The molecule has 0 aliphatic heterocycles. The molecule has 3 aromatic rings. The molecule has 0 fully saturated rings. The lowest BCUT2D eigenvalue weighted by Crippen LogP contribution is -2.30. The van der Waals surface area contributed by atoms with E-state index in [1.807, 2.05) is 36.6 Å². The smallest absolute Gasteiger partial charge is 0.257 e. The molecule has 1 heterocycles. The first-order valence-corrected chi connectivity index (χ1v) is 9.14. The maximum absolute atomic E-state index is 12.8. The van der Waals surface area contributed by atoms with Crippen LogP contribution in [0.1, 0.15) is 10.6 Å². The van der Waals surface area contributed by atoms with E-state index in [-0.39, 0.29) is 18.3 Å². The lowest BCUT2D eigenvalue weighted by atomic mass is 10.1. The minimum atomic E-state index is -0.335. The number of carbonyl (C=O) groups excluding carboxylic acids is 1. The fourth-order valence-corrected chi connectivity index (χ4v) is 3.04. The van der Waals surface area contributed by atoms with Crippen molar-refractivity contribution in [2.75, 3.05) is 13.2 Å². The summed E-state index contributed by atoms with van der Waals surface area (Å²) in [4.78, 5) is 16.3. The van der Waals surface area contributed by atoms with Crippen LogP contribution in [0.25, 0.3) is 11.3 Å². The van der Waals surface area contributed by atoms with Crippen molar-refractivity contribution < 1.29 is 13.9 Å². The zero-order chi connectivity index (χ0) is 18.4. The summed E-state index contributed by atoms with van der Waals surface area (Å²) in [6, 6.07) is 13.8. The number of hydrogen-bond acceptors (Lipinski definition) is 4. The standard InChI is InChI=1S/C20H19FN2O2S/c1-14-23-19(13-26-14)16-4-2-15(3-5-16)10-11-22-20(24)12-25-18-8-6-17(21)7-9-18/h2-9,13H,10-12H2,1H3,(H,22,24). The largest absolute Gasteiger partial charge is 0.484 e. The molecule has 0 spiro atoms. The van der Waals surface area contributed by atoms with Gasteiger partial charge in [0.25, 0.3) is 5.91 Å². The van der Waals surface area contributed by atoms with Gasteiger partial charge in [0.2, 0.25) is 0 Å². The van der Waals surface area contributed by atoms with Gasteiger partial charge in [-0.05, 0) is 43.2 Å². The summed E-state index contributed by atoms with van der Waals surface area (Å²) in [5, 5.41) is 5.91. The van der Waals surface area contributed by atoms with Crippen molar-refractivity contribution in [3.8, 4) is 17.0 Å². The van der Waals surface area contributed by atoms with Crippen LogP contribution in [0.5, 0.6) is 5.75 Å². The van der Waals surface area contributed by atoms with E-state index in [0.717, 1.165) is 28.2 Å². The number of halogens is 1. The Hall–Kier alpha value is -2.73. The van der Waals surface area contributed by atoms with E-state index in [4.69, 9.17) is 4.74 Å². The van der Waals surface area contributed by atoms with Crippen molar-refractivity contribution in [3.05, 3.63) is 70.3 Å². The van der Waals surface area contributed by atoms with Crippen LogP contribution in [-0.2, 0) is 11.2 Å². The van der Waals surface area contributed by atoms with Gasteiger partial charge in [-0.3, -0.25) is 4.79 Å². The second-order valence-corrected chi connectivity index (χ2v) is 6.85. The molecule has 0 saturated carbocycles. The summed E-state index contributed by atoms with van der Waals surface area (Å²) in [5.74, 6) is -0.0731. The Morgan fingerprint density at radius 2 is 1.88 bits per heavy atom. The maximum Gasteiger partial charge on any atom is 0.257 e. The van der Waals surface area contributed by atoms with Crippen LogP contribution in [-0.4, -0.2) is 24.0 Å². The maximum atomic E-state index is 12.8. The molecule has 134 valence electrons. The summed E-state index contributed by atoms with van der Waals surface area (Å²) in [6.07, 6.45) is 0.735. The van der Waals surface area contributed by atoms with E-state index >= 15 is 0 Å². The number of aryl methyl sites for hydroxylation is 1. The van der Waals surface area contributed by atoms with E-state index in [1.165, 1.54) is 24.3 Å². The summed E-state index contributed by atoms with van der Waals surface area (Å²) in [6.45, 7) is 2.43. The lowest BCUT2D eigenvalue weighted by Gasteiger charge is -2.08. The molecule has 1 amide bonds. The Bertz CT molecular complexity index is 860. The highest BCUT2D eigenvalue weighted by molar-refractivity contribution is 7.09. The second-order valence-electron chi connectivity index (χ2n) is 5.79. The molecule has 0 unspecified atom stereocenters. The van der Waals surface area contributed by atoms with Crippen molar-refractivity contribution in [2.45, 2.75) is 13.3 Å². The number of nitrogens with one attached hydrogen (secondary N) is 1. The number of rotatable bonds is 7. The van der Waals surface area contributed by atoms with Crippen LogP contribution in [0.4, 0.5) is 4.39 Å². The first-order chi connectivity index (χ1) is 12.6. The molecule has 2 aromatic carbocycles. The first kappa shape index (κ1) is 18.1. The SMILES string of the molecule is Cc1nc(-c2ccc(CCNC(=O)COc3ccc(F)cc3)cc2)cs1. The molecular weight excluding hydrogens is 351 g/mol. The van der Waals surface area contributed by atoms with Gasteiger partial charge in [-0.25, -0.2) is 9.37 Å². The molecule has 4 nitrogen and oxygen atoms in total. The molecule has 0 radical (unpaired) electrons. The highest BCUT2D eigenvalue weighted by Gasteiger charge is 2.04. The summed E-state index contributed by atoms with van der Waals surface area (Å²) in [5.41, 5.74) is 3.22. The molecule has 0 atom stereocenters. The first-order valence-electron chi connectivity index (χ1n) is 8.27. The fourth-order valence-electron chi connectivity index (χ4n) is 2.42. The van der Waals surface area contributed by atoms with Crippen molar-refractivity contribution in [1.82, 2.24) is 10.3 Å². The Morgan fingerprint density at radius 3 is 2.54 bits per heavy atom. The molecule has 26 heavy (non-hydrogen) atoms. The Labute approximate surface area is 155 Å². The van der Waals surface area contributed by atoms with E-state index in [1.54, 1.807) is 11.3 Å². The highest BCUT2D eigenvalue weighted by Crippen LogP contribution is 2.21. The minimum Gasteiger partial charge on any atom is -0.484 e. The third-order valence-electron chi connectivity index (χ3n) is 3.79. The number of amides is 1. The Balaban J connectivity index is 1.41. The van der Waals surface area contributed by atoms with Crippen LogP contribution < -0.4 is 10.1 Å². The van der Waals surface area contributed by atoms with Crippen LogP contribution in [0.2, 0.25) is 0 Å². The third-order valence-corrected chi connectivity index (χ3v) is 4.56. The van der Waals surface area contributed by atoms with Gasteiger partial charge < -0.3 is 10.1 Å². The average molecular weight is 370 g/mol. The predicted octanol–water partition coefficient (Wildman–Crippen LogP) is 4.00. The number of nitrogens with zero attached hydrogens (tertiary/aromatic N) is 1. The normalized spacial score (nSPS) is 10.5. The number of ether oxygens (including phenoxy) is 1. The predicted molar refractivity (Wildman–Crippen MR) is 101 cm³/mol. The number of hydrogen-bond donors (Lipinski definition) is 1. The third kappa shape index (κ3) is 5.13. The summed E-state index contributed by atoms with van der Waals surface area (Å²) < 4.78 is 18.1.